The van der Waals surface area contributed by atoms with Gasteiger partial charge < -0.3 is 4.74 Å². The van der Waals surface area contributed by atoms with Gasteiger partial charge in [0.15, 0.2) is 5.78 Å². The molecule has 1 saturated heterocycles. The van der Waals surface area contributed by atoms with E-state index in [1.807, 2.05) is 31.2 Å². The number of Topliss-reactive ketones (excluding diaryl/α,β-unsaturated/α-hetero) is 1. The van der Waals surface area contributed by atoms with Crippen LogP contribution in [0.5, 0.6) is 5.75 Å². The van der Waals surface area contributed by atoms with E-state index in [1.54, 1.807) is 0 Å². The summed E-state index contributed by atoms with van der Waals surface area (Å²) in [5, 5.41) is 0. The predicted molar refractivity (Wildman–Crippen MR) is 76.8 cm³/mol. The van der Waals surface area contributed by atoms with E-state index in [1.165, 1.54) is 12.8 Å². The van der Waals surface area contributed by atoms with Gasteiger partial charge in [-0.3, -0.25) is 9.69 Å². The van der Waals surface area contributed by atoms with Crippen LogP contribution in [-0.2, 0) is 0 Å². The van der Waals surface area contributed by atoms with Crippen molar-refractivity contribution < 1.29 is 9.53 Å². The lowest BCUT2D eigenvalue weighted by molar-refractivity contribution is 0.0889. The fourth-order valence-electron chi connectivity index (χ4n) is 2.70. The summed E-state index contributed by atoms with van der Waals surface area (Å²) in [6, 6.07) is 7.54. The molecule has 0 spiro atoms. The highest BCUT2D eigenvalue weighted by molar-refractivity contribution is 6.00. The van der Waals surface area contributed by atoms with E-state index in [9.17, 15) is 4.79 Å². The molecule has 0 N–H and O–H groups in total. The van der Waals surface area contributed by atoms with Gasteiger partial charge in [-0.15, -0.1) is 0 Å². The molecule has 1 aromatic rings. The van der Waals surface area contributed by atoms with Crippen LogP contribution in [0.2, 0.25) is 0 Å². The second-order valence-electron chi connectivity index (χ2n) is 5.33. The summed E-state index contributed by atoms with van der Waals surface area (Å²) in [5.74, 6) is 1.57. The Morgan fingerprint density at radius 2 is 2.21 bits per heavy atom. The van der Waals surface area contributed by atoms with Gasteiger partial charge in [0, 0.05) is 6.54 Å². The summed E-state index contributed by atoms with van der Waals surface area (Å²) < 4.78 is 5.53. The van der Waals surface area contributed by atoms with Gasteiger partial charge in [0.1, 0.15) is 5.75 Å². The second kappa shape index (κ2) is 6.71. The molecule has 3 heteroatoms. The Hall–Kier alpha value is -1.35. The smallest absolute Gasteiger partial charge is 0.180 e. The zero-order valence-electron chi connectivity index (χ0n) is 11.9. The van der Waals surface area contributed by atoms with Crippen LogP contribution >= 0.6 is 0 Å². The Bertz CT molecular complexity index is 431. The number of piperidine rings is 1. The Balaban J connectivity index is 2.03. The Kier molecular flexibility index (Phi) is 4.97. The number of carbonyl (C=O) groups is 1. The monoisotopic (exact) mass is 261 g/mol. The molecule has 2 rings (SSSR count). The number of carbonyl (C=O) groups excluding carboxylic acids is 1. The van der Waals surface area contributed by atoms with E-state index in [4.69, 9.17) is 4.74 Å². The van der Waals surface area contributed by atoms with Gasteiger partial charge in [-0.25, -0.2) is 0 Å². The third kappa shape index (κ3) is 3.80. The van der Waals surface area contributed by atoms with Gasteiger partial charge in [-0.05, 0) is 44.4 Å². The molecule has 0 saturated carbocycles. The topological polar surface area (TPSA) is 29.5 Å². The van der Waals surface area contributed by atoms with Gasteiger partial charge >= 0.3 is 0 Å². The van der Waals surface area contributed by atoms with Crippen molar-refractivity contribution in [2.45, 2.75) is 26.7 Å². The molecule has 0 aliphatic carbocycles. The molecule has 104 valence electrons. The molecule has 0 radical (unpaired) electrons. The fraction of sp³-hybridized carbons (Fsp3) is 0.562. The molecular weight excluding hydrogens is 238 g/mol. The number of benzene rings is 1. The van der Waals surface area contributed by atoms with E-state index in [-0.39, 0.29) is 5.78 Å². The number of nitrogens with zero attached hydrogens (tertiary/aromatic N) is 1. The van der Waals surface area contributed by atoms with Crippen LogP contribution in [0.3, 0.4) is 0 Å². The average Bonchev–Trinajstić information content (AvgIpc) is 2.39. The number of rotatable bonds is 5. The van der Waals surface area contributed by atoms with E-state index < -0.39 is 0 Å². The Morgan fingerprint density at radius 3 is 2.95 bits per heavy atom. The van der Waals surface area contributed by atoms with Crippen LogP contribution in [0, 0.1) is 5.92 Å². The first-order valence-electron chi connectivity index (χ1n) is 7.18. The van der Waals surface area contributed by atoms with E-state index >= 15 is 0 Å². The molecule has 1 aromatic carbocycles. The first-order valence-corrected chi connectivity index (χ1v) is 7.18. The minimum Gasteiger partial charge on any atom is -0.493 e. The molecular formula is C16H23NO2. The fourth-order valence-corrected chi connectivity index (χ4v) is 2.70. The zero-order chi connectivity index (χ0) is 13.7. The van der Waals surface area contributed by atoms with Crippen molar-refractivity contribution >= 4 is 5.78 Å². The van der Waals surface area contributed by atoms with Gasteiger partial charge in [0.2, 0.25) is 0 Å². The maximum atomic E-state index is 12.4. The highest BCUT2D eigenvalue weighted by atomic mass is 16.5. The zero-order valence-corrected chi connectivity index (χ0v) is 11.9. The third-order valence-corrected chi connectivity index (χ3v) is 3.60. The number of hydrogen-bond donors (Lipinski definition) is 0. The number of hydrogen-bond acceptors (Lipinski definition) is 3. The minimum atomic E-state index is 0.165. The van der Waals surface area contributed by atoms with Crippen molar-refractivity contribution in [2.75, 3.05) is 26.2 Å². The highest BCUT2D eigenvalue weighted by Crippen LogP contribution is 2.20. The second-order valence-corrected chi connectivity index (χ2v) is 5.33. The van der Waals surface area contributed by atoms with Crippen molar-refractivity contribution in [1.29, 1.82) is 0 Å². The molecule has 0 aromatic heterocycles. The van der Waals surface area contributed by atoms with Crippen molar-refractivity contribution in [2.24, 2.45) is 5.92 Å². The lowest BCUT2D eigenvalue weighted by Crippen LogP contribution is -2.38. The van der Waals surface area contributed by atoms with E-state index in [2.05, 4.69) is 11.8 Å². The van der Waals surface area contributed by atoms with Crippen LogP contribution in [0.25, 0.3) is 0 Å². The number of para-hydroxylation sites is 1. The quantitative estimate of drug-likeness (QED) is 0.763. The van der Waals surface area contributed by atoms with Crippen molar-refractivity contribution in [1.82, 2.24) is 4.90 Å². The molecule has 1 unspecified atom stereocenters. The maximum absolute atomic E-state index is 12.4. The van der Waals surface area contributed by atoms with Gasteiger partial charge in [-0.1, -0.05) is 19.1 Å². The molecule has 0 amide bonds. The standard InChI is InChI=1S/C16H23NO2/c1-3-19-16-9-5-4-8-14(16)15(18)12-17-10-6-7-13(2)11-17/h4-5,8-9,13H,3,6-7,10-12H2,1-2H3. The van der Waals surface area contributed by atoms with Crippen molar-refractivity contribution in [3.05, 3.63) is 29.8 Å². The van der Waals surface area contributed by atoms with Gasteiger partial charge in [-0.2, -0.15) is 0 Å². The van der Waals surface area contributed by atoms with Gasteiger partial charge in [0.05, 0.1) is 18.7 Å². The molecule has 1 heterocycles. The molecule has 1 atom stereocenters. The van der Waals surface area contributed by atoms with Crippen molar-refractivity contribution in [3.63, 3.8) is 0 Å². The first kappa shape index (κ1) is 14.1. The van der Waals surface area contributed by atoms with Gasteiger partial charge in [0.25, 0.3) is 0 Å². The summed E-state index contributed by atoms with van der Waals surface area (Å²) in [5.41, 5.74) is 0.711. The summed E-state index contributed by atoms with van der Waals surface area (Å²) >= 11 is 0. The lowest BCUT2D eigenvalue weighted by Gasteiger charge is -2.30. The largest absolute Gasteiger partial charge is 0.493 e. The molecule has 1 fully saturated rings. The molecule has 3 nitrogen and oxygen atoms in total. The molecule has 0 bridgehead atoms. The maximum Gasteiger partial charge on any atom is 0.180 e. The number of ketones is 1. The summed E-state index contributed by atoms with van der Waals surface area (Å²) in [7, 11) is 0. The van der Waals surface area contributed by atoms with Crippen LogP contribution < -0.4 is 4.74 Å². The van der Waals surface area contributed by atoms with Crippen LogP contribution in [0.1, 0.15) is 37.0 Å². The number of ether oxygens (including phenoxy) is 1. The molecule has 1 aliphatic rings. The Labute approximate surface area is 115 Å². The predicted octanol–water partition coefficient (Wildman–Crippen LogP) is 3.00. The lowest BCUT2D eigenvalue weighted by atomic mass is 9.99. The molecule has 19 heavy (non-hydrogen) atoms. The van der Waals surface area contributed by atoms with Crippen molar-refractivity contribution in [3.8, 4) is 5.75 Å². The van der Waals surface area contributed by atoms with Crippen LogP contribution in [-0.4, -0.2) is 36.9 Å². The summed E-state index contributed by atoms with van der Waals surface area (Å²) in [4.78, 5) is 14.7. The summed E-state index contributed by atoms with van der Waals surface area (Å²) in [6.45, 7) is 7.35. The minimum absolute atomic E-state index is 0.165. The highest BCUT2D eigenvalue weighted by Gasteiger charge is 2.20. The Morgan fingerprint density at radius 1 is 1.42 bits per heavy atom. The third-order valence-electron chi connectivity index (χ3n) is 3.60. The average molecular weight is 261 g/mol. The van der Waals surface area contributed by atoms with E-state index in [0.29, 0.717) is 30.4 Å². The number of likely N-dealkylation sites (tertiary alicyclic amines) is 1. The SMILES string of the molecule is CCOc1ccccc1C(=O)CN1CCCC(C)C1. The van der Waals surface area contributed by atoms with Crippen LogP contribution in [0.15, 0.2) is 24.3 Å². The van der Waals surface area contributed by atoms with E-state index in [0.717, 1.165) is 13.1 Å². The summed E-state index contributed by atoms with van der Waals surface area (Å²) in [6.07, 6.45) is 2.47. The molecule has 1 aliphatic heterocycles. The first-order chi connectivity index (χ1) is 9.20. The normalized spacial score (nSPS) is 20.2. The van der Waals surface area contributed by atoms with Crippen LogP contribution in [0.4, 0.5) is 0 Å².